The fourth-order valence-electron chi connectivity index (χ4n) is 1.68. The van der Waals surface area contributed by atoms with Crippen molar-refractivity contribution in [1.82, 2.24) is 10.2 Å². The molecule has 2 aromatic rings. The largest absolute Gasteiger partial charge is 0.381 e. The number of anilines is 1. The summed E-state index contributed by atoms with van der Waals surface area (Å²) < 4.78 is 24.3. The molecule has 0 radical (unpaired) electrons. The smallest absolute Gasteiger partial charge is 0.176 e. The highest BCUT2D eigenvalue weighted by molar-refractivity contribution is 14.1. The number of aromatic nitrogens is 2. The van der Waals surface area contributed by atoms with Crippen LogP contribution in [0.25, 0.3) is 11.3 Å². The van der Waals surface area contributed by atoms with Crippen molar-refractivity contribution in [3.63, 3.8) is 0 Å². The highest BCUT2D eigenvalue weighted by atomic mass is 127. The van der Waals surface area contributed by atoms with Crippen molar-refractivity contribution in [3.8, 4) is 11.3 Å². The Morgan fingerprint density at radius 2 is 2.06 bits per heavy atom. The van der Waals surface area contributed by atoms with Crippen molar-refractivity contribution in [2.24, 2.45) is 0 Å². The van der Waals surface area contributed by atoms with Gasteiger partial charge in [0.2, 0.25) is 0 Å². The summed E-state index contributed by atoms with van der Waals surface area (Å²) in [6.07, 6.45) is 1.19. The lowest BCUT2D eigenvalue weighted by molar-refractivity contribution is 0.602. The van der Waals surface area contributed by atoms with Crippen molar-refractivity contribution in [2.45, 2.75) is 11.8 Å². The summed E-state index contributed by atoms with van der Waals surface area (Å²) in [5.41, 5.74) is 7.89. The van der Waals surface area contributed by atoms with Gasteiger partial charge in [-0.15, -0.1) is 0 Å². The first-order valence-corrected chi connectivity index (χ1v) is 8.08. The Morgan fingerprint density at radius 1 is 1.39 bits per heavy atom. The highest BCUT2D eigenvalue weighted by Crippen LogP contribution is 2.32. The molecule has 0 aliphatic rings. The summed E-state index contributed by atoms with van der Waals surface area (Å²) in [6, 6.07) is 5.19. The monoisotopic (exact) mass is 377 g/mol. The summed E-state index contributed by atoms with van der Waals surface area (Å²) in [7, 11) is -3.30. The maximum atomic E-state index is 11.8. The van der Waals surface area contributed by atoms with Gasteiger partial charge in [-0.05, 0) is 41.6 Å². The van der Waals surface area contributed by atoms with Crippen molar-refractivity contribution >= 4 is 38.2 Å². The lowest BCUT2D eigenvalue weighted by atomic mass is 10.1. The number of hydrogen-bond acceptors (Lipinski definition) is 4. The molecule has 0 amide bonds. The van der Waals surface area contributed by atoms with Crippen LogP contribution in [-0.2, 0) is 9.84 Å². The molecule has 1 aromatic carbocycles. The lowest BCUT2D eigenvalue weighted by Crippen LogP contribution is -2.01. The molecule has 0 unspecified atom stereocenters. The van der Waals surface area contributed by atoms with Crippen LogP contribution in [0.15, 0.2) is 23.1 Å². The molecule has 0 bridgehead atoms. The third-order valence-corrected chi connectivity index (χ3v) is 4.78. The van der Waals surface area contributed by atoms with Crippen LogP contribution in [0.5, 0.6) is 0 Å². The predicted octanol–water partition coefficient (Wildman–Crippen LogP) is 1.98. The fourth-order valence-corrected chi connectivity index (χ4v) is 3.09. The molecular formula is C11H12IN3O2S. The Kier molecular flexibility index (Phi) is 3.37. The van der Waals surface area contributed by atoms with Crippen molar-refractivity contribution < 1.29 is 8.42 Å². The first-order chi connectivity index (χ1) is 8.30. The van der Waals surface area contributed by atoms with Crippen LogP contribution in [0.3, 0.4) is 0 Å². The lowest BCUT2D eigenvalue weighted by Gasteiger charge is -2.08. The van der Waals surface area contributed by atoms with Crippen molar-refractivity contribution in [2.75, 3.05) is 12.0 Å². The van der Waals surface area contributed by atoms with E-state index in [4.69, 9.17) is 5.73 Å². The van der Waals surface area contributed by atoms with E-state index in [0.29, 0.717) is 17.1 Å². The van der Waals surface area contributed by atoms with Gasteiger partial charge in [-0.25, -0.2) is 8.42 Å². The zero-order valence-electron chi connectivity index (χ0n) is 9.86. The zero-order valence-corrected chi connectivity index (χ0v) is 12.8. The molecule has 18 heavy (non-hydrogen) atoms. The fraction of sp³-hybridized carbons (Fsp3) is 0.182. The minimum Gasteiger partial charge on any atom is -0.381 e. The van der Waals surface area contributed by atoms with E-state index < -0.39 is 9.84 Å². The third-order valence-electron chi connectivity index (χ3n) is 2.54. The Hall–Kier alpha value is -1.09. The second kappa shape index (κ2) is 4.54. The average molecular weight is 377 g/mol. The van der Waals surface area contributed by atoms with E-state index in [0.717, 1.165) is 9.13 Å². The molecule has 0 spiro atoms. The van der Waals surface area contributed by atoms with Crippen LogP contribution < -0.4 is 5.73 Å². The number of nitrogens with zero attached hydrogens (tertiary/aromatic N) is 1. The van der Waals surface area contributed by atoms with E-state index in [2.05, 4.69) is 10.2 Å². The molecule has 1 heterocycles. The highest BCUT2D eigenvalue weighted by Gasteiger charge is 2.19. The Morgan fingerprint density at radius 3 is 2.56 bits per heavy atom. The normalized spacial score (nSPS) is 11.7. The van der Waals surface area contributed by atoms with Crippen LogP contribution in [-0.4, -0.2) is 24.9 Å². The molecule has 0 saturated carbocycles. The van der Waals surface area contributed by atoms with E-state index in [9.17, 15) is 8.42 Å². The third kappa shape index (κ3) is 2.37. The number of halogens is 1. The number of nitrogens with two attached hydrogens (primary N) is 1. The molecule has 0 aliphatic heterocycles. The van der Waals surface area contributed by atoms with Crippen LogP contribution in [0.2, 0.25) is 0 Å². The van der Waals surface area contributed by atoms with Gasteiger partial charge in [-0.2, -0.15) is 5.10 Å². The number of H-pyrrole nitrogens is 1. The van der Waals surface area contributed by atoms with E-state index >= 15 is 0 Å². The number of nitrogens with one attached hydrogen (secondary N) is 1. The Bertz CT molecular complexity index is 707. The maximum absolute atomic E-state index is 11.8. The summed E-state index contributed by atoms with van der Waals surface area (Å²) >= 11 is 2.05. The molecule has 3 N–H and O–H groups in total. The standard InChI is InChI=1S/C11H12IN3O2S/c1-6-3-4-8(18(2,16)17)7(5-6)10-9(12)11(13)15-14-10/h3-5H,1-2H3,(H3,13,14,15). The predicted molar refractivity (Wildman–Crippen MR) is 79.0 cm³/mol. The summed E-state index contributed by atoms with van der Waals surface area (Å²) in [6.45, 7) is 1.90. The van der Waals surface area contributed by atoms with Crippen molar-refractivity contribution in [1.29, 1.82) is 0 Å². The van der Waals surface area contributed by atoms with Gasteiger partial charge in [-0.3, -0.25) is 5.10 Å². The number of hydrogen-bond donors (Lipinski definition) is 2. The van der Waals surface area contributed by atoms with Crippen LogP contribution in [0.1, 0.15) is 5.56 Å². The van der Waals surface area contributed by atoms with Gasteiger partial charge in [0.05, 0.1) is 14.2 Å². The minimum absolute atomic E-state index is 0.273. The number of sulfone groups is 1. The molecule has 0 saturated heterocycles. The molecule has 0 fully saturated rings. The number of aromatic amines is 1. The van der Waals surface area contributed by atoms with Crippen LogP contribution in [0.4, 0.5) is 5.82 Å². The molecule has 0 atom stereocenters. The second-order valence-corrected chi connectivity index (χ2v) is 7.13. The summed E-state index contributed by atoms with van der Waals surface area (Å²) in [5.74, 6) is 0.367. The van der Waals surface area contributed by atoms with Gasteiger partial charge in [0, 0.05) is 11.8 Å². The molecule has 2 rings (SSSR count). The average Bonchev–Trinajstić information content (AvgIpc) is 2.58. The van der Waals surface area contributed by atoms with Gasteiger partial charge in [0.1, 0.15) is 0 Å². The first kappa shape index (κ1) is 13.3. The van der Waals surface area contributed by atoms with Gasteiger partial charge in [0.15, 0.2) is 15.7 Å². The van der Waals surface area contributed by atoms with E-state index in [1.54, 1.807) is 12.1 Å². The molecular weight excluding hydrogens is 365 g/mol. The summed E-state index contributed by atoms with van der Waals surface area (Å²) in [5, 5.41) is 6.68. The number of rotatable bonds is 2. The van der Waals surface area contributed by atoms with E-state index in [-0.39, 0.29) is 4.90 Å². The number of aryl methyl sites for hydroxylation is 1. The molecule has 96 valence electrons. The molecule has 1 aromatic heterocycles. The Labute approximate surface area is 119 Å². The van der Waals surface area contributed by atoms with Crippen molar-refractivity contribution in [3.05, 3.63) is 27.3 Å². The molecule has 5 nitrogen and oxygen atoms in total. The summed E-state index contributed by atoms with van der Waals surface area (Å²) in [4.78, 5) is 0.273. The molecule has 0 aliphatic carbocycles. The van der Waals surface area contributed by atoms with E-state index in [1.807, 2.05) is 35.6 Å². The quantitative estimate of drug-likeness (QED) is 0.784. The second-order valence-electron chi connectivity index (χ2n) is 4.07. The van der Waals surface area contributed by atoms with Gasteiger partial charge in [-0.1, -0.05) is 11.6 Å². The molecule has 7 heteroatoms. The number of benzene rings is 1. The maximum Gasteiger partial charge on any atom is 0.176 e. The van der Waals surface area contributed by atoms with Gasteiger partial charge < -0.3 is 5.73 Å². The van der Waals surface area contributed by atoms with Crippen LogP contribution in [0, 0.1) is 10.5 Å². The van der Waals surface area contributed by atoms with E-state index in [1.165, 1.54) is 6.26 Å². The SMILES string of the molecule is Cc1ccc(S(C)(=O)=O)c(-c2[nH]nc(N)c2I)c1. The van der Waals surface area contributed by atoms with Gasteiger partial charge >= 0.3 is 0 Å². The Balaban J connectivity index is 2.78. The first-order valence-electron chi connectivity index (χ1n) is 5.11. The zero-order chi connectivity index (χ0) is 13.5. The van der Waals surface area contributed by atoms with Gasteiger partial charge in [0.25, 0.3) is 0 Å². The van der Waals surface area contributed by atoms with Crippen LogP contribution >= 0.6 is 22.6 Å². The minimum atomic E-state index is -3.30. The topological polar surface area (TPSA) is 88.8 Å². The number of nitrogen functional groups attached to an aromatic ring is 1.